The molecule has 3 aromatic carbocycles. The van der Waals surface area contributed by atoms with Crippen LogP contribution in [0, 0.1) is 27.7 Å². The number of hydrogen-bond donors (Lipinski definition) is 2. The molecular formula is C23H24N2O3S. The molecule has 29 heavy (non-hydrogen) atoms. The molecule has 150 valence electrons. The molecular weight excluding hydrogens is 384 g/mol. The van der Waals surface area contributed by atoms with Gasteiger partial charge in [-0.25, -0.2) is 8.42 Å². The largest absolute Gasteiger partial charge is 0.322 e. The lowest BCUT2D eigenvalue weighted by Gasteiger charge is -2.12. The third-order valence-corrected chi connectivity index (χ3v) is 6.07. The van der Waals surface area contributed by atoms with Crippen LogP contribution in [0.5, 0.6) is 0 Å². The van der Waals surface area contributed by atoms with Crippen molar-refractivity contribution in [1.82, 2.24) is 0 Å². The zero-order valence-electron chi connectivity index (χ0n) is 16.9. The summed E-state index contributed by atoms with van der Waals surface area (Å²) in [6.07, 6.45) is 0. The van der Waals surface area contributed by atoms with Gasteiger partial charge in [-0.3, -0.25) is 9.52 Å². The summed E-state index contributed by atoms with van der Waals surface area (Å²) in [5.74, 6) is -0.227. The van der Waals surface area contributed by atoms with Gasteiger partial charge in [0.05, 0.1) is 10.6 Å². The second kappa shape index (κ2) is 8.09. The smallest absolute Gasteiger partial charge is 0.261 e. The lowest BCUT2D eigenvalue weighted by molar-refractivity contribution is 0.102. The van der Waals surface area contributed by atoms with Crippen molar-refractivity contribution < 1.29 is 13.2 Å². The molecule has 5 nitrogen and oxygen atoms in total. The number of anilines is 2. The lowest BCUT2D eigenvalue weighted by atomic mass is 10.1. The van der Waals surface area contributed by atoms with Crippen LogP contribution in [0.4, 0.5) is 11.4 Å². The second-order valence-corrected chi connectivity index (χ2v) is 8.90. The van der Waals surface area contributed by atoms with Crippen LogP contribution in [-0.2, 0) is 10.0 Å². The Hall–Kier alpha value is -3.12. The summed E-state index contributed by atoms with van der Waals surface area (Å²) in [4.78, 5) is 12.7. The molecule has 0 fully saturated rings. The molecule has 0 radical (unpaired) electrons. The Bertz CT molecular complexity index is 1170. The fourth-order valence-electron chi connectivity index (χ4n) is 3.03. The summed E-state index contributed by atoms with van der Waals surface area (Å²) in [5.41, 5.74) is 5.47. The molecule has 3 rings (SSSR count). The molecule has 0 unspecified atom stereocenters. The molecule has 0 spiro atoms. The van der Waals surface area contributed by atoms with Crippen LogP contribution in [0.3, 0.4) is 0 Å². The fraction of sp³-hybridized carbons (Fsp3) is 0.174. The molecule has 0 aliphatic heterocycles. The minimum absolute atomic E-state index is 0.127. The van der Waals surface area contributed by atoms with Crippen molar-refractivity contribution in [3.8, 4) is 0 Å². The quantitative estimate of drug-likeness (QED) is 0.626. The third kappa shape index (κ3) is 4.84. The van der Waals surface area contributed by atoms with E-state index in [-0.39, 0.29) is 10.8 Å². The summed E-state index contributed by atoms with van der Waals surface area (Å²) in [7, 11) is -3.72. The number of hydrogen-bond acceptors (Lipinski definition) is 3. The lowest BCUT2D eigenvalue weighted by Crippen LogP contribution is -2.15. The van der Waals surface area contributed by atoms with Gasteiger partial charge in [-0.05, 0) is 75.2 Å². The Kier molecular flexibility index (Phi) is 5.75. The number of sulfonamides is 1. The van der Waals surface area contributed by atoms with Gasteiger partial charge in [0, 0.05) is 11.3 Å². The number of rotatable bonds is 5. The molecule has 3 aromatic rings. The maximum absolute atomic E-state index is 12.7. The number of nitrogens with one attached hydrogen (secondary N) is 2. The second-order valence-electron chi connectivity index (χ2n) is 7.22. The number of benzene rings is 3. The normalized spacial score (nSPS) is 11.2. The van der Waals surface area contributed by atoms with Gasteiger partial charge in [-0.15, -0.1) is 0 Å². The van der Waals surface area contributed by atoms with E-state index in [1.165, 1.54) is 12.1 Å². The molecule has 0 saturated carbocycles. The van der Waals surface area contributed by atoms with Crippen LogP contribution in [0.2, 0.25) is 0 Å². The van der Waals surface area contributed by atoms with Crippen LogP contribution in [0.1, 0.15) is 32.6 Å². The highest BCUT2D eigenvalue weighted by Gasteiger charge is 2.16. The van der Waals surface area contributed by atoms with E-state index in [0.717, 1.165) is 22.3 Å². The first kappa shape index (κ1) is 20.6. The molecule has 2 N–H and O–H groups in total. The van der Waals surface area contributed by atoms with Crippen molar-refractivity contribution in [2.75, 3.05) is 10.0 Å². The van der Waals surface area contributed by atoms with Crippen molar-refractivity contribution in [3.63, 3.8) is 0 Å². The summed E-state index contributed by atoms with van der Waals surface area (Å²) < 4.78 is 28.0. The van der Waals surface area contributed by atoms with E-state index in [4.69, 9.17) is 0 Å². The highest BCUT2D eigenvalue weighted by atomic mass is 32.2. The van der Waals surface area contributed by atoms with Crippen molar-refractivity contribution >= 4 is 27.3 Å². The number of carbonyl (C=O) groups excluding carboxylic acids is 1. The number of amides is 1. The van der Waals surface area contributed by atoms with Gasteiger partial charge in [-0.2, -0.15) is 0 Å². The SMILES string of the molecule is Cc1ccc(NS(=O)(=O)c2ccc(NC(=O)c3cc(C)ccc3C)cc2)c(C)c1. The van der Waals surface area contributed by atoms with Gasteiger partial charge >= 0.3 is 0 Å². The van der Waals surface area contributed by atoms with E-state index in [2.05, 4.69) is 10.0 Å². The topological polar surface area (TPSA) is 75.3 Å². The van der Waals surface area contributed by atoms with Gasteiger partial charge in [0.25, 0.3) is 15.9 Å². The Labute approximate surface area is 171 Å². The average Bonchev–Trinajstić information content (AvgIpc) is 2.66. The van der Waals surface area contributed by atoms with E-state index in [0.29, 0.717) is 16.9 Å². The van der Waals surface area contributed by atoms with Crippen LogP contribution in [0.25, 0.3) is 0 Å². The molecule has 0 atom stereocenters. The van der Waals surface area contributed by atoms with Gasteiger partial charge in [0.2, 0.25) is 0 Å². The summed E-state index contributed by atoms with van der Waals surface area (Å²) in [6.45, 7) is 7.62. The maximum Gasteiger partial charge on any atom is 0.261 e. The Morgan fingerprint density at radius 2 is 1.38 bits per heavy atom. The predicted molar refractivity (Wildman–Crippen MR) is 117 cm³/mol. The molecule has 0 aliphatic carbocycles. The number of carbonyl (C=O) groups is 1. The van der Waals surface area contributed by atoms with Gasteiger partial charge in [0.15, 0.2) is 0 Å². The summed E-state index contributed by atoms with van der Waals surface area (Å²) in [6, 6.07) is 17.3. The highest BCUT2D eigenvalue weighted by Crippen LogP contribution is 2.22. The standard InChI is InChI=1S/C23H24N2O3S/c1-15-6-12-22(18(4)13-15)25-29(27,28)20-10-8-19(9-11-20)24-23(26)21-14-16(2)5-7-17(21)3/h5-14,25H,1-4H3,(H,24,26). The molecule has 1 amide bonds. The third-order valence-electron chi connectivity index (χ3n) is 4.69. The highest BCUT2D eigenvalue weighted by molar-refractivity contribution is 7.92. The Morgan fingerprint density at radius 1 is 0.759 bits per heavy atom. The molecule has 0 bridgehead atoms. The average molecular weight is 409 g/mol. The zero-order valence-corrected chi connectivity index (χ0v) is 17.7. The first-order valence-corrected chi connectivity index (χ1v) is 10.7. The van der Waals surface area contributed by atoms with Crippen LogP contribution >= 0.6 is 0 Å². The fourth-order valence-corrected chi connectivity index (χ4v) is 4.16. The van der Waals surface area contributed by atoms with E-state index in [1.807, 2.05) is 58.0 Å². The van der Waals surface area contributed by atoms with Crippen molar-refractivity contribution in [2.45, 2.75) is 32.6 Å². The van der Waals surface area contributed by atoms with Crippen molar-refractivity contribution in [3.05, 3.63) is 88.5 Å². The molecule has 0 saturated heterocycles. The van der Waals surface area contributed by atoms with E-state index in [1.54, 1.807) is 18.2 Å². The predicted octanol–water partition coefficient (Wildman–Crippen LogP) is 4.97. The van der Waals surface area contributed by atoms with E-state index < -0.39 is 10.0 Å². The molecule has 0 aliphatic rings. The molecule has 0 aromatic heterocycles. The van der Waals surface area contributed by atoms with Crippen LogP contribution in [-0.4, -0.2) is 14.3 Å². The van der Waals surface area contributed by atoms with E-state index >= 15 is 0 Å². The first-order chi connectivity index (χ1) is 13.7. The van der Waals surface area contributed by atoms with Crippen molar-refractivity contribution in [1.29, 1.82) is 0 Å². The number of aryl methyl sites for hydroxylation is 4. The monoisotopic (exact) mass is 408 g/mol. The Balaban J connectivity index is 1.77. The minimum atomic E-state index is -3.72. The van der Waals surface area contributed by atoms with Gasteiger partial charge in [-0.1, -0.05) is 35.4 Å². The Morgan fingerprint density at radius 3 is 2.03 bits per heavy atom. The van der Waals surface area contributed by atoms with Gasteiger partial charge in [0.1, 0.15) is 0 Å². The van der Waals surface area contributed by atoms with Crippen LogP contribution in [0.15, 0.2) is 65.6 Å². The van der Waals surface area contributed by atoms with Crippen LogP contribution < -0.4 is 10.0 Å². The summed E-state index contributed by atoms with van der Waals surface area (Å²) >= 11 is 0. The minimum Gasteiger partial charge on any atom is -0.322 e. The summed E-state index contributed by atoms with van der Waals surface area (Å²) in [5, 5.41) is 2.82. The maximum atomic E-state index is 12.7. The molecule has 0 heterocycles. The molecule has 6 heteroatoms. The van der Waals surface area contributed by atoms with Gasteiger partial charge < -0.3 is 5.32 Å². The van der Waals surface area contributed by atoms with Crippen molar-refractivity contribution in [2.24, 2.45) is 0 Å². The zero-order chi connectivity index (χ0) is 21.2. The van der Waals surface area contributed by atoms with E-state index in [9.17, 15) is 13.2 Å². The first-order valence-electron chi connectivity index (χ1n) is 9.24.